The summed E-state index contributed by atoms with van der Waals surface area (Å²) in [6.45, 7) is 4.58. The zero-order valence-corrected chi connectivity index (χ0v) is 22.0. The largest absolute Gasteiger partial charge is 0.353 e. The third-order valence-electron chi connectivity index (χ3n) is 7.23. The molecule has 0 radical (unpaired) electrons. The van der Waals surface area contributed by atoms with E-state index >= 15 is 0 Å². The van der Waals surface area contributed by atoms with E-state index in [0.717, 1.165) is 30.5 Å². The van der Waals surface area contributed by atoms with Crippen molar-refractivity contribution in [2.75, 3.05) is 26.2 Å². The summed E-state index contributed by atoms with van der Waals surface area (Å²) in [4.78, 5) is 30.8. The van der Waals surface area contributed by atoms with Crippen LogP contribution in [0, 0.1) is 12.7 Å². The minimum absolute atomic E-state index is 0.0828. The number of carbonyl (C=O) groups excluding carboxylic acids is 2. The second kappa shape index (κ2) is 13.3. The van der Waals surface area contributed by atoms with E-state index in [2.05, 4.69) is 22.3 Å². The number of likely N-dealkylation sites (tertiary alicyclic amines) is 1. The Morgan fingerprint density at radius 3 is 2.39 bits per heavy atom. The fourth-order valence-corrected chi connectivity index (χ4v) is 5.08. The number of benzene rings is 3. The molecule has 1 aliphatic heterocycles. The zero-order valence-electron chi connectivity index (χ0n) is 22.0. The van der Waals surface area contributed by atoms with E-state index < -0.39 is 6.04 Å². The highest BCUT2D eigenvalue weighted by atomic mass is 19.1. The topological polar surface area (TPSA) is 78.7 Å². The Kier molecular flexibility index (Phi) is 9.62. The lowest BCUT2D eigenvalue weighted by Crippen LogP contribution is -2.57. The predicted octanol–water partition coefficient (Wildman–Crippen LogP) is 3.93. The van der Waals surface area contributed by atoms with Gasteiger partial charge in [-0.25, -0.2) is 4.39 Å². The van der Waals surface area contributed by atoms with Gasteiger partial charge in [-0.1, -0.05) is 60.2 Å². The normalized spacial score (nSPS) is 17.4. The Balaban J connectivity index is 1.56. The average Bonchev–Trinajstić information content (AvgIpc) is 2.95. The fourth-order valence-electron chi connectivity index (χ4n) is 5.08. The molecule has 38 heavy (non-hydrogen) atoms. The van der Waals surface area contributed by atoms with Crippen LogP contribution in [0.25, 0.3) is 0 Å². The van der Waals surface area contributed by atoms with Gasteiger partial charge in [0.2, 0.25) is 5.91 Å². The van der Waals surface area contributed by atoms with E-state index in [0.29, 0.717) is 38.2 Å². The standard InChI is InChI=1S/C31H37FN4O2/c1-23-7-11-26(12-8-23)31(38)36-20-16-28(21-29(36)30(37)34-18-17-33)35(19-15-24-5-3-2-4-6-24)22-25-9-13-27(32)14-10-25/h2-14,28-29H,15-22,33H2,1H3,(H,34,37)/t28?,29-/m1/s1. The summed E-state index contributed by atoms with van der Waals surface area (Å²) in [6, 6.07) is 23.8. The van der Waals surface area contributed by atoms with Crippen LogP contribution in [0.5, 0.6) is 0 Å². The Hall–Kier alpha value is -3.55. The fraction of sp³-hybridized carbons (Fsp3) is 0.355. The number of carbonyl (C=O) groups is 2. The molecule has 6 nitrogen and oxygen atoms in total. The van der Waals surface area contributed by atoms with Gasteiger partial charge in [0.15, 0.2) is 0 Å². The Bertz CT molecular complexity index is 1180. The van der Waals surface area contributed by atoms with Crippen molar-refractivity contribution in [3.8, 4) is 0 Å². The molecule has 3 aromatic carbocycles. The third kappa shape index (κ3) is 7.27. The highest BCUT2D eigenvalue weighted by molar-refractivity contribution is 5.97. The van der Waals surface area contributed by atoms with E-state index in [-0.39, 0.29) is 23.7 Å². The summed E-state index contributed by atoms with van der Waals surface area (Å²) in [5.41, 5.74) is 9.55. The first-order valence-electron chi connectivity index (χ1n) is 13.3. The summed E-state index contributed by atoms with van der Waals surface area (Å²) in [7, 11) is 0. The van der Waals surface area contributed by atoms with Crippen LogP contribution in [0.3, 0.4) is 0 Å². The summed E-state index contributed by atoms with van der Waals surface area (Å²) >= 11 is 0. The first kappa shape index (κ1) is 27.5. The van der Waals surface area contributed by atoms with Crippen molar-refractivity contribution < 1.29 is 14.0 Å². The van der Waals surface area contributed by atoms with Crippen LogP contribution in [0.4, 0.5) is 4.39 Å². The minimum Gasteiger partial charge on any atom is -0.353 e. The van der Waals surface area contributed by atoms with Gasteiger partial charge in [-0.05, 0) is 61.6 Å². The SMILES string of the molecule is Cc1ccc(C(=O)N2CCC(N(CCc3ccccc3)Cc3ccc(F)cc3)C[C@@H]2C(=O)NCCN)cc1. The first-order valence-corrected chi connectivity index (χ1v) is 13.3. The monoisotopic (exact) mass is 516 g/mol. The molecule has 0 saturated carbocycles. The van der Waals surface area contributed by atoms with Gasteiger partial charge in [0.1, 0.15) is 11.9 Å². The summed E-state index contributed by atoms with van der Waals surface area (Å²) < 4.78 is 13.6. The van der Waals surface area contributed by atoms with Crippen molar-refractivity contribution in [1.29, 1.82) is 0 Å². The second-order valence-corrected chi connectivity index (χ2v) is 9.97. The molecule has 1 unspecified atom stereocenters. The molecule has 3 N–H and O–H groups in total. The molecule has 3 aromatic rings. The summed E-state index contributed by atoms with van der Waals surface area (Å²) in [5.74, 6) is -0.569. The van der Waals surface area contributed by atoms with Crippen molar-refractivity contribution in [1.82, 2.24) is 15.1 Å². The molecule has 0 bridgehead atoms. The zero-order chi connectivity index (χ0) is 26.9. The van der Waals surface area contributed by atoms with Gasteiger partial charge in [0.25, 0.3) is 5.91 Å². The van der Waals surface area contributed by atoms with Crippen LogP contribution >= 0.6 is 0 Å². The molecule has 200 valence electrons. The maximum absolute atomic E-state index is 13.6. The maximum atomic E-state index is 13.6. The molecule has 1 saturated heterocycles. The molecular formula is C31H37FN4O2. The first-order chi connectivity index (χ1) is 18.4. The number of amides is 2. The number of nitrogens with one attached hydrogen (secondary N) is 1. The quantitative estimate of drug-likeness (QED) is 0.428. The molecule has 0 spiro atoms. The van der Waals surface area contributed by atoms with Gasteiger partial charge < -0.3 is 16.0 Å². The highest BCUT2D eigenvalue weighted by Gasteiger charge is 2.38. The number of hydrogen-bond donors (Lipinski definition) is 2. The van der Waals surface area contributed by atoms with E-state index in [4.69, 9.17) is 5.73 Å². The van der Waals surface area contributed by atoms with Crippen LogP contribution in [0.1, 0.15) is 39.9 Å². The summed E-state index contributed by atoms with van der Waals surface area (Å²) in [5, 5.41) is 2.90. The van der Waals surface area contributed by atoms with Gasteiger partial charge in [0.05, 0.1) is 0 Å². The predicted molar refractivity (Wildman–Crippen MR) is 148 cm³/mol. The van der Waals surface area contributed by atoms with E-state index in [9.17, 15) is 14.0 Å². The van der Waals surface area contributed by atoms with Crippen molar-refractivity contribution in [3.05, 3.63) is 107 Å². The number of halogens is 1. The molecular weight excluding hydrogens is 479 g/mol. The Morgan fingerprint density at radius 1 is 1.00 bits per heavy atom. The van der Waals surface area contributed by atoms with Gasteiger partial charge in [-0.3, -0.25) is 14.5 Å². The highest BCUT2D eigenvalue weighted by Crippen LogP contribution is 2.26. The van der Waals surface area contributed by atoms with Crippen molar-refractivity contribution in [2.24, 2.45) is 5.73 Å². The van der Waals surface area contributed by atoms with Crippen molar-refractivity contribution >= 4 is 11.8 Å². The lowest BCUT2D eigenvalue weighted by atomic mass is 9.93. The lowest BCUT2D eigenvalue weighted by Gasteiger charge is -2.43. The second-order valence-electron chi connectivity index (χ2n) is 9.97. The number of nitrogens with two attached hydrogens (primary N) is 1. The number of hydrogen-bond acceptors (Lipinski definition) is 4. The van der Waals surface area contributed by atoms with Gasteiger partial charge in [-0.15, -0.1) is 0 Å². The Labute approximate surface area is 224 Å². The number of nitrogens with zero attached hydrogens (tertiary/aromatic N) is 2. The van der Waals surface area contributed by atoms with E-state index in [1.54, 1.807) is 4.90 Å². The molecule has 7 heteroatoms. The molecule has 1 fully saturated rings. The molecule has 2 atom stereocenters. The lowest BCUT2D eigenvalue weighted by molar-refractivity contribution is -0.127. The van der Waals surface area contributed by atoms with Crippen molar-refractivity contribution in [2.45, 2.75) is 44.8 Å². The number of aryl methyl sites for hydroxylation is 1. The van der Waals surface area contributed by atoms with Crippen LogP contribution in [0.15, 0.2) is 78.9 Å². The molecule has 0 aromatic heterocycles. The Morgan fingerprint density at radius 2 is 1.71 bits per heavy atom. The van der Waals surface area contributed by atoms with Crippen LogP contribution < -0.4 is 11.1 Å². The van der Waals surface area contributed by atoms with Gasteiger partial charge in [0, 0.05) is 44.3 Å². The minimum atomic E-state index is -0.596. The molecule has 0 aliphatic carbocycles. The molecule has 4 rings (SSSR count). The molecule has 1 aliphatic rings. The van der Waals surface area contributed by atoms with Crippen LogP contribution in [-0.4, -0.2) is 59.9 Å². The van der Waals surface area contributed by atoms with Crippen LogP contribution in [0.2, 0.25) is 0 Å². The summed E-state index contributed by atoms with van der Waals surface area (Å²) in [6.07, 6.45) is 2.12. The third-order valence-corrected chi connectivity index (χ3v) is 7.23. The maximum Gasteiger partial charge on any atom is 0.254 e. The van der Waals surface area contributed by atoms with E-state index in [1.165, 1.54) is 17.7 Å². The van der Waals surface area contributed by atoms with Gasteiger partial charge >= 0.3 is 0 Å². The van der Waals surface area contributed by atoms with Crippen LogP contribution in [-0.2, 0) is 17.8 Å². The molecule has 1 heterocycles. The van der Waals surface area contributed by atoms with Gasteiger partial charge in [-0.2, -0.15) is 0 Å². The molecule has 2 amide bonds. The van der Waals surface area contributed by atoms with Crippen molar-refractivity contribution in [3.63, 3.8) is 0 Å². The number of rotatable bonds is 10. The number of piperidine rings is 1. The smallest absolute Gasteiger partial charge is 0.254 e. The average molecular weight is 517 g/mol. The van der Waals surface area contributed by atoms with E-state index in [1.807, 2.05) is 61.5 Å².